The molecule has 110 valence electrons. The van der Waals surface area contributed by atoms with Gasteiger partial charge in [-0.2, -0.15) is 0 Å². The number of anilines is 1. The predicted molar refractivity (Wildman–Crippen MR) is 77.1 cm³/mol. The van der Waals surface area contributed by atoms with Gasteiger partial charge >= 0.3 is 0 Å². The van der Waals surface area contributed by atoms with Gasteiger partial charge in [0.05, 0.1) is 5.69 Å². The van der Waals surface area contributed by atoms with E-state index < -0.39 is 10.0 Å². The SMILES string of the molecule is CNC(C)c1csc(NS(=O)(=O)Cc2cc(C)on2)n1. The van der Waals surface area contributed by atoms with Gasteiger partial charge in [0.25, 0.3) is 0 Å². The van der Waals surface area contributed by atoms with Crippen LogP contribution in [0.2, 0.25) is 0 Å². The second-order valence-corrected chi connectivity index (χ2v) is 6.96. The van der Waals surface area contributed by atoms with E-state index in [9.17, 15) is 8.42 Å². The number of nitrogens with zero attached hydrogens (tertiary/aromatic N) is 2. The van der Waals surface area contributed by atoms with Crippen LogP contribution in [0.15, 0.2) is 16.0 Å². The highest BCUT2D eigenvalue weighted by molar-refractivity contribution is 7.92. The first-order valence-electron chi connectivity index (χ1n) is 5.95. The quantitative estimate of drug-likeness (QED) is 0.841. The minimum atomic E-state index is -3.54. The number of aryl methyl sites for hydroxylation is 1. The standard InChI is InChI=1S/C11H16N4O3S2/c1-7-4-9(14-18-7)6-20(16,17)15-11-13-10(5-19-11)8(2)12-3/h4-5,8,12H,6H2,1-3H3,(H,13,15). The van der Waals surface area contributed by atoms with Crippen molar-refractivity contribution in [2.75, 3.05) is 11.8 Å². The molecule has 2 heterocycles. The summed E-state index contributed by atoms with van der Waals surface area (Å²) >= 11 is 1.25. The van der Waals surface area contributed by atoms with Crippen molar-refractivity contribution in [2.45, 2.75) is 25.6 Å². The molecule has 2 aromatic rings. The lowest BCUT2D eigenvalue weighted by Crippen LogP contribution is -2.16. The summed E-state index contributed by atoms with van der Waals surface area (Å²) in [6.07, 6.45) is 0. The van der Waals surface area contributed by atoms with Gasteiger partial charge in [-0.15, -0.1) is 11.3 Å². The van der Waals surface area contributed by atoms with Crippen molar-refractivity contribution in [1.82, 2.24) is 15.5 Å². The van der Waals surface area contributed by atoms with Crippen LogP contribution in [0.25, 0.3) is 0 Å². The lowest BCUT2D eigenvalue weighted by Gasteiger charge is -2.05. The molecule has 2 rings (SSSR count). The smallest absolute Gasteiger partial charge is 0.240 e. The summed E-state index contributed by atoms with van der Waals surface area (Å²) in [5.74, 6) is 0.343. The van der Waals surface area contributed by atoms with Crippen molar-refractivity contribution in [3.63, 3.8) is 0 Å². The molecule has 0 aliphatic carbocycles. The molecule has 0 fully saturated rings. The van der Waals surface area contributed by atoms with Crippen LogP contribution in [0.3, 0.4) is 0 Å². The van der Waals surface area contributed by atoms with Crippen LogP contribution >= 0.6 is 11.3 Å². The highest BCUT2D eigenvalue weighted by Crippen LogP contribution is 2.22. The van der Waals surface area contributed by atoms with Crippen LogP contribution in [-0.4, -0.2) is 25.6 Å². The van der Waals surface area contributed by atoms with Crippen molar-refractivity contribution < 1.29 is 12.9 Å². The molecular weight excluding hydrogens is 300 g/mol. The summed E-state index contributed by atoms with van der Waals surface area (Å²) in [6.45, 7) is 3.66. The van der Waals surface area contributed by atoms with Crippen molar-refractivity contribution in [1.29, 1.82) is 0 Å². The molecule has 1 atom stereocenters. The Morgan fingerprint density at radius 2 is 2.25 bits per heavy atom. The van der Waals surface area contributed by atoms with E-state index in [0.717, 1.165) is 5.69 Å². The lowest BCUT2D eigenvalue weighted by molar-refractivity contribution is 0.392. The molecule has 9 heteroatoms. The zero-order valence-corrected chi connectivity index (χ0v) is 13.0. The molecule has 0 saturated carbocycles. The zero-order valence-electron chi connectivity index (χ0n) is 11.4. The fraction of sp³-hybridized carbons (Fsp3) is 0.455. The Bertz CT molecular complexity index is 677. The van der Waals surface area contributed by atoms with Crippen molar-refractivity contribution in [2.24, 2.45) is 0 Å². The average Bonchev–Trinajstić information content (AvgIpc) is 2.97. The number of thiazole rings is 1. The molecule has 0 aromatic carbocycles. The molecule has 1 unspecified atom stereocenters. The van der Waals surface area contributed by atoms with Crippen LogP contribution < -0.4 is 10.0 Å². The van der Waals surface area contributed by atoms with E-state index in [1.807, 2.05) is 19.4 Å². The second kappa shape index (κ2) is 5.90. The highest BCUT2D eigenvalue weighted by Gasteiger charge is 2.17. The lowest BCUT2D eigenvalue weighted by atomic mass is 10.3. The molecule has 0 spiro atoms. The molecule has 0 bridgehead atoms. The zero-order chi connectivity index (χ0) is 14.8. The molecule has 0 radical (unpaired) electrons. The largest absolute Gasteiger partial charge is 0.361 e. The maximum absolute atomic E-state index is 12.0. The van der Waals surface area contributed by atoms with Gasteiger partial charge in [-0.05, 0) is 20.9 Å². The van der Waals surface area contributed by atoms with E-state index in [1.165, 1.54) is 11.3 Å². The predicted octanol–water partition coefficient (Wildman–Crippen LogP) is 1.66. The summed E-state index contributed by atoms with van der Waals surface area (Å²) in [5.41, 5.74) is 1.17. The monoisotopic (exact) mass is 316 g/mol. The Hall–Kier alpha value is -1.45. The van der Waals surface area contributed by atoms with Gasteiger partial charge in [0.2, 0.25) is 10.0 Å². The van der Waals surface area contributed by atoms with Gasteiger partial charge in [0.1, 0.15) is 17.2 Å². The number of hydrogen-bond acceptors (Lipinski definition) is 7. The maximum atomic E-state index is 12.0. The summed E-state index contributed by atoms with van der Waals surface area (Å²) in [6, 6.07) is 1.66. The fourth-order valence-corrected chi connectivity index (χ4v) is 3.66. The van der Waals surface area contributed by atoms with Crippen LogP contribution in [0.1, 0.15) is 30.1 Å². The molecule has 0 aliphatic heterocycles. The van der Waals surface area contributed by atoms with Gasteiger partial charge in [-0.25, -0.2) is 13.4 Å². The first-order chi connectivity index (χ1) is 9.39. The molecule has 0 amide bonds. The molecule has 0 aliphatic rings. The van der Waals surface area contributed by atoms with E-state index in [2.05, 4.69) is 20.2 Å². The molecular formula is C11H16N4O3S2. The third kappa shape index (κ3) is 3.78. The Balaban J connectivity index is 2.06. The summed E-state index contributed by atoms with van der Waals surface area (Å²) in [4.78, 5) is 4.23. The summed E-state index contributed by atoms with van der Waals surface area (Å²) in [5, 5.41) is 8.88. The van der Waals surface area contributed by atoms with Crippen molar-refractivity contribution >= 4 is 26.5 Å². The molecule has 2 aromatic heterocycles. The summed E-state index contributed by atoms with van der Waals surface area (Å²) < 4.78 is 31.3. The van der Waals surface area contributed by atoms with Gasteiger partial charge in [0.15, 0.2) is 5.13 Å². The molecule has 7 nitrogen and oxygen atoms in total. The van der Waals surface area contributed by atoms with Crippen LogP contribution in [-0.2, 0) is 15.8 Å². The van der Waals surface area contributed by atoms with Crippen LogP contribution in [0.4, 0.5) is 5.13 Å². The fourth-order valence-electron chi connectivity index (χ4n) is 1.53. The first-order valence-corrected chi connectivity index (χ1v) is 8.48. The van der Waals surface area contributed by atoms with E-state index in [0.29, 0.717) is 16.6 Å². The number of aromatic nitrogens is 2. The van der Waals surface area contributed by atoms with Crippen molar-refractivity contribution in [3.8, 4) is 0 Å². The minimum Gasteiger partial charge on any atom is -0.361 e. The Kier molecular flexibility index (Phi) is 4.41. The Labute approximate surface area is 121 Å². The number of rotatable bonds is 6. The minimum absolute atomic E-state index is 0.0719. The van der Waals surface area contributed by atoms with Crippen molar-refractivity contribution in [3.05, 3.63) is 28.6 Å². The van der Waals surface area contributed by atoms with E-state index in [-0.39, 0.29) is 11.8 Å². The van der Waals surface area contributed by atoms with E-state index in [4.69, 9.17) is 4.52 Å². The number of sulfonamides is 1. The topological polar surface area (TPSA) is 97.1 Å². The maximum Gasteiger partial charge on any atom is 0.240 e. The van der Waals surface area contributed by atoms with Crippen LogP contribution in [0, 0.1) is 6.92 Å². The normalized spacial score (nSPS) is 13.3. The number of hydrogen-bond donors (Lipinski definition) is 2. The van der Waals surface area contributed by atoms with Gasteiger partial charge in [0, 0.05) is 17.5 Å². The van der Waals surface area contributed by atoms with Gasteiger partial charge < -0.3 is 9.84 Å². The average molecular weight is 316 g/mol. The molecule has 2 N–H and O–H groups in total. The molecule has 0 saturated heterocycles. The van der Waals surface area contributed by atoms with Gasteiger partial charge in [-0.1, -0.05) is 5.16 Å². The second-order valence-electron chi connectivity index (χ2n) is 4.38. The first kappa shape index (κ1) is 14.9. The highest BCUT2D eigenvalue weighted by atomic mass is 32.2. The molecule has 20 heavy (non-hydrogen) atoms. The van der Waals surface area contributed by atoms with E-state index in [1.54, 1.807) is 13.0 Å². The third-order valence-corrected chi connectivity index (χ3v) is 4.74. The number of nitrogens with one attached hydrogen (secondary N) is 2. The van der Waals surface area contributed by atoms with Crippen LogP contribution in [0.5, 0.6) is 0 Å². The third-order valence-electron chi connectivity index (χ3n) is 2.66. The van der Waals surface area contributed by atoms with Gasteiger partial charge in [-0.3, -0.25) is 4.72 Å². The summed E-state index contributed by atoms with van der Waals surface area (Å²) in [7, 11) is -1.72. The van der Waals surface area contributed by atoms with E-state index >= 15 is 0 Å². The Morgan fingerprint density at radius 1 is 1.50 bits per heavy atom. The Morgan fingerprint density at radius 3 is 2.85 bits per heavy atom.